The van der Waals surface area contributed by atoms with E-state index in [0.717, 1.165) is 0 Å². The van der Waals surface area contributed by atoms with E-state index in [1.54, 1.807) is 0 Å². The highest BCUT2D eigenvalue weighted by atomic mass is 19.1. The van der Waals surface area contributed by atoms with Crippen molar-refractivity contribution in [3.05, 3.63) is 29.8 Å². The Labute approximate surface area is 74.4 Å². The highest BCUT2D eigenvalue weighted by Crippen LogP contribution is 2.23. The van der Waals surface area contributed by atoms with Gasteiger partial charge in [0.15, 0.2) is 0 Å². The van der Waals surface area contributed by atoms with E-state index < -0.39 is 18.6 Å². The van der Waals surface area contributed by atoms with E-state index in [1.165, 1.54) is 24.3 Å². The molecule has 0 fully saturated rings. The molecule has 0 aliphatic rings. The lowest BCUT2D eigenvalue weighted by Crippen LogP contribution is -2.01. The van der Waals surface area contributed by atoms with Crippen LogP contribution in [-0.2, 0) is 4.79 Å². The van der Waals surface area contributed by atoms with Gasteiger partial charge in [0.25, 0.3) is 0 Å². The van der Waals surface area contributed by atoms with Crippen molar-refractivity contribution < 1.29 is 19.4 Å². The predicted molar refractivity (Wildman–Crippen MR) is 44.2 cm³/mol. The van der Waals surface area contributed by atoms with Crippen molar-refractivity contribution in [1.29, 1.82) is 0 Å². The Bertz CT molecular complexity index is 311. The van der Waals surface area contributed by atoms with Crippen LogP contribution in [0.25, 0.3) is 0 Å². The number of carbonyl (C=O) groups is 1. The van der Waals surface area contributed by atoms with Crippen molar-refractivity contribution in [3.8, 4) is 5.75 Å². The van der Waals surface area contributed by atoms with E-state index in [1.807, 2.05) is 0 Å². The summed E-state index contributed by atoms with van der Waals surface area (Å²) in [5, 5.41) is 17.3. The normalized spacial score (nSPS) is 12.4. The fraction of sp³-hybridized carbons (Fsp3) is 0.222. The van der Waals surface area contributed by atoms with Crippen LogP contribution in [0.1, 0.15) is 18.2 Å². The van der Waals surface area contributed by atoms with Crippen LogP contribution >= 0.6 is 0 Å². The third kappa shape index (κ3) is 2.74. The van der Waals surface area contributed by atoms with Gasteiger partial charge in [-0.3, -0.25) is 4.79 Å². The van der Waals surface area contributed by atoms with Crippen molar-refractivity contribution in [2.45, 2.75) is 12.6 Å². The number of hydrogen-bond donors (Lipinski definition) is 2. The Morgan fingerprint density at radius 1 is 1.54 bits per heavy atom. The molecule has 0 heterocycles. The molecule has 1 unspecified atom stereocenters. The number of hydrogen-bond acceptors (Lipinski definition) is 2. The Morgan fingerprint density at radius 2 is 2.23 bits per heavy atom. The molecular formula is C9H9FO3. The zero-order valence-corrected chi connectivity index (χ0v) is 6.77. The molecule has 4 heteroatoms. The largest absolute Gasteiger partial charge is 0.508 e. The number of rotatable bonds is 3. The molecule has 3 nitrogen and oxygen atoms in total. The third-order valence-corrected chi connectivity index (χ3v) is 1.59. The summed E-state index contributed by atoms with van der Waals surface area (Å²) in [5.74, 6) is -1.26. The third-order valence-electron chi connectivity index (χ3n) is 1.59. The number of aromatic hydroxyl groups is 1. The summed E-state index contributed by atoms with van der Waals surface area (Å²) in [5.41, 5.74) is 0.183. The monoisotopic (exact) mass is 184 g/mol. The van der Waals surface area contributed by atoms with Gasteiger partial charge in [-0.05, 0) is 17.7 Å². The Kier molecular flexibility index (Phi) is 2.84. The summed E-state index contributed by atoms with van der Waals surface area (Å²) in [4.78, 5) is 10.2. The van der Waals surface area contributed by atoms with Gasteiger partial charge in [-0.15, -0.1) is 0 Å². The molecule has 1 rings (SSSR count). The van der Waals surface area contributed by atoms with Gasteiger partial charge in [-0.1, -0.05) is 12.1 Å². The van der Waals surface area contributed by atoms with Crippen LogP contribution in [0, 0.1) is 0 Å². The quantitative estimate of drug-likeness (QED) is 0.753. The first-order valence-corrected chi connectivity index (χ1v) is 3.74. The lowest BCUT2D eigenvalue weighted by atomic mass is 10.1. The van der Waals surface area contributed by atoms with E-state index >= 15 is 0 Å². The summed E-state index contributed by atoms with van der Waals surface area (Å²) in [6.07, 6.45) is -2.15. The summed E-state index contributed by atoms with van der Waals surface area (Å²) >= 11 is 0. The van der Waals surface area contributed by atoms with Gasteiger partial charge in [0.05, 0.1) is 6.42 Å². The molecule has 0 saturated heterocycles. The van der Waals surface area contributed by atoms with Crippen molar-refractivity contribution in [2.24, 2.45) is 0 Å². The van der Waals surface area contributed by atoms with Gasteiger partial charge in [0.2, 0.25) is 0 Å². The molecule has 0 radical (unpaired) electrons. The molecule has 0 spiro atoms. The standard InChI is InChI=1S/C9H9FO3/c10-8(5-9(12)13)6-2-1-3-7(11)4-6/h1-4,8,11H,5H2,(H,12,13). The fourth-order valence-corrected chi connectivity index (χ4v) is 0.991. The van der Waals surface area contributed by atoms with E-state index in [4.69, 9.17) is 10.2 Å². The lowest BCUT2D eigenvalue weighted by Gasteiger charge is -2.05. The van der Waals surface area contributed by atoms with Crippen LogP contribution in [0.3, 0.4) is 0 Å². The van der Waals surface area contributed by atoms with E-state index in [9.17, 15) is 9.18 Å². The number of halogens is 1. The Hall–Kier alpha value is -1.58. The number of phenols is 1. The summed E-state index contributed by atoms with van der Waals surface area (Å²) in [6, 6.07) is 5.52. The number of alkyl halides is 1. The minimum atomic E-state index is -1.57. The fourth-order valence-electron chi connectivity index (χ4n) is 0.991. The van der Waals surface area contributed by atoms with Gasteiger partial charge in [0.1, 0.15) is 11.9 Å². The smallest absolute Gasteiger partial charge is 0.306 e. The van der Waals surface area contributed by atoms with Crippen LogP contribution in [0.5, 0.6) is 5.75 Å². The molecule has 0 amide bonds. The van der Waals surface area contributed by atoms with Gasteiger partial charge < -0.3 is 10.2 Å². The van der Waals surface area contributed by atoms with Crippen LogP contribution in [-0.4, -0.2) is 16.2 Å². The van der Waals surface area contributed by atoms with Crippen molar-refractivity contribution in [1.82, 2.24) is 0 Å². The van der Waals surface area contributed by atoms with Crippen molar-refractivity contribution >= 4 is 5.97 Å². The summed E-state index contributed by atoms with van der Waals surface area (Å²) in [6.45, 7) is 0. The zero-order chi connectivity index (χ0) is 9.84. The van der Waals surface area contributed by atoms with E-state index in [0.29, 0.717) is 0 Å². The second kappa shape index (κ2) is 3.89. The molecule has 0 aromatic heterocycles. The minimum Gasteiger partial charge on any atom is -0.508 e. The Morgan fingerprint density at radius 3 is 2.77 bits per heavy atom. The van der Waals surface area contributed by atoms with Gasteiger partial charge in [-0.2, -0.15) is 0 Å². The molecule has 13 heavy (non-hydrogen) atoms. The SMILES string of the molecule is O=C(O)CC(F)c1cccc(O)c1. The van der Waals surface area contributed by atoms with Crippen molar-refractivity contribution in [2.75, 3.05) is 0 Å². The molecule has 70 valence electrons. The average Bonchev–Trinajstić information content (AvgIpc) is 2.03. The van der Waals surface area contributed by atoms with E-state index in [-0.39, 0.29) is 11.3 Å². The summed E-state index contributed by atoms with van der Waals surface area (Å²) in [7, 11) is 0. The van der Waals surface area contributed by atoms with Crippen LogP contribution in [0.2, 0.25) is 0 Å². The second-order valence-electron chi connectivity index (χ2n) is 2.66. The lowest BCUT2D eigenvalue weighted by molar-refractivity contribution is -0.138. The molecule has 1 aromatic carbocycles. The maximum Gasteiger partial charge on any atom is 0.306 e. The number of phenolic OH excluding ortho intramolecular Hbond substituents is 1. The predicted octanol–water partition coefficient (Wildman–Crippen LogP) is 1.88. The van der Waals surface area contributed by atoms with Crippen molar-refractivity contribution in [3.63, 3.8) is 0 Å². The average molecular weight is 184 g/mol. The molecule has 0 aliphatic heterocycles. The minimum absolute atomic E-state index is 0.0643. The number of aliphatic carboxylic acids is 1. The molecule has 0 bridgehead atoms. The molecule has 1 aromatic rings. The van der Waals surface area contributed by atoms with Gasteiger partial charge in [0, 0.05) is 0 Å². The second-order valence-corrected chi connectivity index (χ2v) is 2.66. The first-order valence-electron chi connectivity index (χ1n) is 3.74. The van der Waals surface area contributed by atoms with Crippen LogP contribution in [0.15, 0.2) is 24.3 Å². The summed E-state index contributed by atoms with van der Waals surface area (Å²) < 4.78 is 13.1. The maximum absolute atomic E-state index is 13.1. The van der Waals surface area contributed by atoms with Crippen LogP contribution < -0.4 is 0 Å². The van der Waals surface area contributed by atoms with Gasteiger partial charge in [-0.25, -0.2) is 4.39 Å². The molecular weight excluding hydrogens is 175 g/mol. The van der Waals surface area contributed by atoms with E-state index in [2.05, 4.69) is 0 Å². The Balaban J connectivity index is 2.76. The first kappa shape index (κ1) is 9.51. The number of carboxylic acids is 1. The molecule has 1 atom stereocenters. The number of benzene rings is 1. The molecule has 0 saturated carbocycles. The van der Waals surface area contributed by atoms with Crippen LogP contribution in [0.4, 0.5) is 4.39 Å². The highest BCUT2D eigenvalue weighted by Gasteiger charge is 2.13. The number of carboxylic acid groups (broad SMARTS) is 1. The zero-order valence-electron chi connectivity index (χ0n) is 6.77. The topological polar surface area (TPSA) is 57.5 Å². The maximum atomic E-state index is 13.1. The molecule has 0 aliphatic carbocycles. The van der Waals surface area contributed by atoms with Gasteiger partial charge >= 0.3 is 5.97 Å². The molecule has 2 N–H and O–H groups in total. The highest BCUT2D eigenvalue weighted by molar-refractivity contribution is 5.67. The first-order chi connectivity index (χ1) is 6.09.